The van der Waals surface area contributed by atoms with Crippen molar-refractivity contribution in [1.29, 1.82) is 0 Å². The molecule has 2 aromatic heterocycles. The number of anilines is 2. The normalized spacial score (nSPS) is 12.1. The first-order valence-corrected chi connectivity index (χ1v) is 6.96. The Morgan fingerprint density at radius 1 is 1.50 bits per heavy atom. The maximum Gasteiger partial charge on any atom is 0.321 e. The lowest BCUT2D eigenvalue weighted by Gasteiger charge is -2.10. The second-order valence-electron chi connectivity index (χ2n) is 4.17. The van der Waals surface area contributed by atoms with Crippen molar-refractivity contribution in [2.24, 2.45) is 0 Å². The number of carbonyl (C=O) groups is 1. The summed E-state index contributed by atoms with van der Waals surface area (Å²) in [7, 11) is 0. The minimum absolute atomic E-state index is 0.282. The molecule has 0 radical (unpaired) electrons. The van der Waals surface area contributed by atoms with Crippen LogP contribution >= 0.6 is 11.3 Å². The zero-order valence-corrected chi connectivity index (χ0v) is 12.0. The Morgan fingerprint density at radius 2 is 2.30 bits per heavy atom. The average Bonchev–Trinajstić information content (AvgIpc) is 2.99. The van der Waals surface area contributed by atoms with Crippen molar-refractivity contribution in [3.63, 3.8) is 0 Å². The standard InChI is InChI=1S/C10H16N8OS/c1-3-4-18-5-7(14-17-18)13-10(19)12-6(2)8-15-16-9(11)20-8/h5-6H,3-4H2,1-2H3,(H2,11,16)(H2,12,13,19)/t6-/m0/s1. The highest BCUT2D eigenvalue weighted by molar-refractivity contribution is 7.15. The van der Waals surface area contributed by atoms with Gasteiger partial charge in [-0.15, -0.1) is 15.3 Å². The van der Waals surface area contributed by atoms with E-state index in [1.54, 1.807) is 17.8 Å². The van der Waals surface area contributed by atoms with Crippen molar-refractivity contribution in [2.75, 3.05) is 11.1 Å². The van der Waals surface area contributed by atoms with Gasteiger partial charge in [-0.3, -0.25) is 10.00 Å². The summed E-state index contributed by atoms with van der Waals surface area (Å²) in [4.78, 5) is 11.8. The predicted molar refractivity (Wildman–Crippen MR) is 75.2 cm³/mol. The summed E-state index contributed by atoms with van der Waals surface area (Å²) in [6, 6.07) is -0.662. The number of amides is 2. The molecule has 10 heteroatoms. The van der Waals surface area contributed by atoms with Crippen LogP contribution in [0.15, 0.2) is 6.20 Å². The van der Waals surface area contributed by atoms with Crippen LogP contribution in [0.3, 0.4) is 0 Å². The van der Waals surface area contributed by atoms with Gasteiger partial charge in [0.1, 0.15) is 5.01 Å². The van der Waals surface area contributed by atoms with Crippen molar-refractivity contribution >= 4 is 28.3 Å². The number of nitrogen functional groups attached to an aromatic ring is 1. The van der Waals surface area contributed by atoms with Gasteiger partial charge in [-0.2, -0.15) is 0 Å². The first-order valence-electron chi connectivity index (χ1n) is 6.15. The van der Waals surface area contributed by atoms with Gasteiger partial charge in [-0.1, -0.05) is 23.5 Å². The van der Waals surface area contributed by atoms with E-state index in [9.17, 15) is 4.79 Å². The molecule has 2 rings (SSSR count). The SMILES string of the molecule is CCCn1cc(NC(=O)N[C@@H](C)c2nnc(N)s2)nn1. The molecule has 0 aliphatic carbocycles. The maximum absolute atomic E-state index is 11.8. The zero-order chi connectivity index (χ0) is 14.5. The molecular formula is C10H16N8OS. The lowest BCUT2D eigenvalue weighted by Crippen LogP contribution is -2.31. The van der Waals surface area contributed by atoms with Crippen molar-refractivity contribution in [3.8, 4) is 0 Å². The Balaban J connectivity index is 1.88. The van der Waals surface area contributed by atoms with Crippen LogP contribution in [0.2, 0.25) is 0 Å². The van der Waals surface area contributed by atoms with Crippen LogP contribution in [0.1, 0.15) is 31.3 Å². The van der Waals surface area contributed by atoms with Crippen molar-refractivity contribution in [3.05, 3.63) is 11.2 Å². The lowest BCUT2D eigenvalue weighted by molar-refractivity contribution is 0.249. The van der Waals surface area contributed by atoms with E-state index in [2.05, 4.69) is 31.1 Å². The summed E-state index contributed by atoms with van der Waals surface area (Å²) < 4.78 is 1.67. The number of nitrogens with zero attached hydrogens (tertiary/aromatic N) is 5. The highest BCUT2D eigenvalue weighted by Gasteiger charge is 2.14. The third-order valence-electron chi connectivity index (χ3n) is 2.41. The summed E-state index contributed by atoms with van der Waals surface area (Å²) in [5.41, 5.74) is 5.50. The van der Waals surface area contributed by atoms with Crippen molar-refractivity contribution in [1.82, 2.24) is 30.5 Å². The number of urea groups is 1. The smallest absolute Gasteiger partial charge is 0.321 e. The Morgan fingerprint density at radius 3 is 2.95 bits per heavy atom. The van der Waals surface area contributed by atoms with E-state index in [0.29, 0.717) is 16.0 Å². The molecule has 0 saturated heterocycles. The topological polar surface area (TPSA) is 124 Å². The molecule has 4 N–H and O–H groups in total. The van der Waals surface area contributed by atoms with E-state index >= 15 is 0 Å². The third kappa shape index (κ3) is 3.63. The molecule has 0 fully saturated rings. The van der Waals surface area contributed by atoms with Crippen molar-refractivity contribution in [2.45, 2.75) is 32.9 Å². The molecule has 0 aliphatic heterocycles. The third-order valence-corrected chi connectivity index (χ3v) is 3.34. The van der Waals surface area contributed by atoms with E-state index in [1.807, 2.05) is 6.92 Å². The molecule has 1 atom stereocenters. The molecule has 0 unspecified atom stereocenters. The number of carbonyl (C=O) groups excluding carboxylic acids is 1. The number of hydrogen-bond acceptors (Lipinski definition) is 7. The van der Waals surface area contributed by atoms with Gasteiger partial charge in [0, 0.05) is 6.54 Å². The van der Waals surface area contributed by atoms with E-state index in [4.69, 9.17) is 5.73 Å². The van der Waals surface area contributed by atoms with E-state index in [0.717, 1.165) is 13.0 Å². The fourth-order valence-corrected chi connectivity index (χ4v) is 2.14. The second-order valence-corrected chi connectivity index (χ2v) is 5.21. The monoisotopic (exact) mass is 296 g/mol. The van der Waals surface area contributed by atoms with Gasteiger partial charge in [0.15, 0.2) is 5.82 Å². The highest BCUT2D eigenvalue weighted by Crippen LogP contribution is 2.18. The molecule has 0 bridgehead atoms. The fourth-order valence-electron chi connectivity index (χ4n) is 1.53. The largest absolute Gasteiger partial charge is 0.374 e. The lowest BCUT2D eigenvalue weighted by atomic mass is 10.4. The number of rotatable bonds is 5. The number of aryl methyl sites for hydroxylation is 1. The highest BCUT2D eigenvalue weighted by atomic mass is 32.1. The maximum atomic E-state index is 11.8. The Hall–Kier alpha value is -2.23. The van der Waals surface area contributed by atoms with Gasteiger partial charge in [-0.05, 0) is 13.3 Å². The first kappa shape index (κ1) is 14.2. The number of hydrogen-bond donors (Lipinski definition) is 3. The van der Waals surface area contributed by atoms with Gasteiger partial charge < -0.3 is 11.1 Å². The van der Waals surface area contributed by atoms with Gasteiger partial charge >= 0.3 is 6.03 Å². The van der Waals surface area contributed by atoms with Crippen LogP contribution in [0, 0.1) is 0 Å². The van der Waals surface area contributed by atoms with Gasteiger partial charge in [0.25, 0.3) is 0 Å². The number of nitrogens with one attached hydrogen (secondary N) is 2. The van der Waals surface area contributed by atoms with E-state index < -0.39 is 0 Å². The molecule has 0 aromatic carbocycles. The Labute approximate surface area is 119 Å². The number of aromatic nitrogens is 5. The van der Waals surface area contributed by atoms with Gasteiger partial charge in [0.05, 0.1) is 12.2 Å². The van der Waals surface area contributed by atoms with Crippen molar-refractivity contribution < 1.29 is 4.79 Å². The van der Waals surface area contributed by atoms with Crippen LogP contribution in [-0.2, 0) is 6.54 Å². The fraction of sp³-hybridized carbons (Fsp3) is 0.500. The molecule has 108 valence electrons. The Bertz CT molecular complexity index is 579. The molecule has 2 aromatic rings. The quantitative estimate of drug-likeness (QED) is 0.756. The molecule has 9 nitrogen and oxygen atoms in total. The van der Waals surface area contributed by atoms with Crippen LogP contribution in [0.25, 0.3) is 0 Å². The first-order chi connectivity index (χ1) is 9.58. The average molecular weight is 296 g/mol. The summed E-state index contributed by atoms with van der Waals surface area (Å²) in [5.74, 6) is 0.403. The van der Waals surface area contributed by atoms with E-state index in [1.165, 1.54) is 11.3 Å². The van der Waals surface area contributed by atoms with Crippen LogP contribution < -0.4 is 16.4 Å². The van der Waals surface area contributed by atoms with Crippen LogP contribution in [0.4, 0.5) is 15.7 Å². The minimum Gasteiger partial charge on any atom is -0.374 e. The summed E-state index contributed by atoms with van der Waals surface area (Å²) in [6.45, 7) is 4.60. The van der Waals surface area contributed by atoms with Crippen LogP contribution in [-0.4, -0.2) is 31.2 Å². The minimum atomic E-state index is -0.380. The predicted octanol–water partition coefficient (Wildman–Crippen LogP) is 1.00. The Kier molecular flexibility index (Phi) is 4.45. The molecular weight excluding hydrogens is 280 g/mol. The molecule has 0 spiro atoms. The molecule has 2 heterocycles. The van der Waals surface area contributed by atoms with Gasteiger partial charge in [-0.25, -0.2) is 4.79 Å². The molecule has 20 heavy (non-hydrogen) atoms. The summed E-state index contributed by atoms with van der Waals surface area (Å²) in [6.07, 6.45) is 2.63. The molecule has 2 amide bonds. The number of nitrogens with two attached hydrogens (primary N) is 1. The second kappa shape index (κ2) is 6.28. The van der Waals surface area contributed by atoms with Gasteiger partial charge in [0.2, 0.25) is 5.13 Å². The van der Waals surface area contributed by atoms with E-state index in [-0.39, 0.29) is 12.1 Å². The summed E-state index contributed by atoms with van der Waals surface area (Å²) >= 11 is 1.24. The summed E-state index contributed by atoms with van der Waals surface area (Å²) in [5, 5.41) is 21.7. The zero-order valence-electron chi connectivity index (χ0n) is 11.2. The molecule has 0 saturated carbocycles. The molecule has 0 aliphatic rings. The van der Waals surface area contributed by atoms with Crippen LogP contribution in [0.5, 0.6) is 0 Å².